The highest BCUT2D eigenvalue weighted by Gasteiger charge is 2.39. The van der Waals surface area contributed by atoms with Gasteiger partial charge in [0, 0.05) is 26.6 Å². The van der Waals surface area contributed by atoms with Gasteiger partial charge in [-0.3, -0.25) is 4.90 Å². The molecule has 1 aliphatic heterocycles. The number of nitrogens with zero attached hydrogens (tertiary/aromatic N) is 4. The first kappa shape index (κ1) is 30.9. The molecule has 0 aliphatic carbocycles. The second kappa shape index (κ2) is 12.9. The molecule has 1 saturated heterocycles. The lowest BCUT2D eigenvalue weighted by Gasteiger charge is -2.42. The minimum Gasteiger partial charge on any atom is -0.384 e. The summed E-state index contributed by atoms with van der Waals surface area (Å²) in [5, 5.41) is 8.43. The van der Waals surface area contributed by atoms with E-state index in [2.05, 4.69) is 10.3 Å². The summed E-state index contributed by atoms with van der Waals surface area (Å²) < 4.78 is 99.6. The van der Waals surface area contributed by atoms with Crippen LogP contribution in [0, 0.1) is 0 Å². The molecule has 0 unspecified atom stereocenters. The average Bonchev–Trinajstić information content (AvgIpc) is 3.32. The summed E-state index contributed by atoms with van der Waals surface area (Å²) >= 11 is 0. The fourth-order valence-electron chi connectivity index (χ4n) is 4.79. The summed E-state index contributed by atoms with van der Waals surface area (Å²) in [6.45, 7) is 2.92. The van der Waals surface area contributed by atoms with Gasteiger partial charge in [0.2, 0.25) is 0 Å². The van der Waals surface area contributed by atoms with Crippen LogP contribution in [0.2, 0.25) is 0 Å². The van der Waals surface area contributed by atoms with E-state index >= 15 is 0 Å². The number of benzene rings is 2. The van der Waals surface area contributed by atoms with Gasteiger partial charge >= 0.3 is 12.4 Å². The van der Waals surface area contributed by atoms with Crippen molar-refractivity contribution in [3.63, 3.8) is 0 Å². The van der Waals surface area contributed by atoms with Crippen molar-refractivity contribution in [2.45, 2.75) is 57.3 Å². The predicted octanol–water partition coefficient (Wildman–Crippen LogP) is 5.10. The summed E-state index contributed by atoms with van der Waals surface area (Å²) in [7, 11) is 1.58. The molecule has 2 N–H and O–H groups in total. The maximum absolute atomic E-state index is 13.5. The van der Waals surface area contributed by atoms with E-state index in [0.29, 0.717) is 43.9 Å². The van der Waals surface area contributed by atoms with Crippen LogP contribution in [0.15, 0.2) is 48.5 Å². The third-order valence-corrected chi connectivity index (χ3v) is 6.86. The zero-order valence-corrected chi connectivity index (χ0v) is 22.5. The van der Waals surface area contributed by atoms with Crippen molar-refractivity contribution in [3.05, 3.63) is 82.2 Å². The standard InChI is InChI=1S/C27H31F6N5O3/c1-17(19-12-20(26(28,29)30)14-21(13-19)27(31,32)33)41-25-24(18-6-4-3-5-7-18)37(9-11-40-25)15-22-23(8-10-39-2)38(16-34)36-35-22/h3-7,12-14,17,24-25H,8-11,15-16,34H2,1-2H3/t17-,24+,25-/m1/s1. The number of aromatic nitrogens is 3. The maximum atomic E-state index is 13.5. The van der Waals surface area contributed by atoms with Crippen LogP contribution >= 0.6 is 0 Å². The number of ether oxygens (including phenoxy) is 3. The molecule has 0 radical (unpaired) electrons. The number of rotatable bonds is 10. The van der Waals surface area contributed by atoms with Crippen LogP contribution in [-0.2, 0) is 46.2 Å². The topological polar surface area (TPSA) is 87.7 Å². The van der Waals surface area contributed by atoms with E-state index in [1.54, 1.807) is 11.8 Å². The monoisotopic (exact) mass is 587 g/mol. The number of methoxy groups -OCH3 is 1. The lowest BCUT2D eigenvalue weighted by atomic mass is 10.0. The van der Waals surface area contributed by atoms with E-state index in [0.717, 1.165) is 11.3 Å². The second-order valence-electron chi connectivity index (χ2n) is 9.59. The van der Waals surface area contributed by atoms with E-state index in [1.807, 2.05) is 35.2 Å². The van der Waals surface area contributed by atoms with E-state index in [1.165, 1.54) is 6.92 Å². The molecule has 3 aromatic rings. The van der Waals surface area contributed by atoms with Crippen molar-refractivity contribution in [1.82, 2.24) is 19.9 Å². The largest absolute Gasteiger partial charge is 0.416 e. The molecule has 1 fully saturated rings. The van der Waals surface area contributed by atoms with Gasteiger partial charge < -0.3 is 19.9 Å². The number of morpholine rings is 1. The number of hydrogen-bond acceptors (Lipinski definition) is 7. The molecule has 0 amide bonds. The van der Waals surface area contributed by atoms with Crippen molar-refractivity contribution in [2.24, 2.45) is 5.73 Å². The minimum absolute atomic E-state index is 0.0948. The molecular weight excluding hydrogens is 556 g/mol. The molecule has 0 saturated carbocycles. The molecule has 4 rings (SSSR count). The Balaban J connectivity index is 1.65. The van der Waals surface area contributed by atoms with E-state index in [9.17, 15) is 26.3 Å². The molecule has 2 heterocycles. The van der Waals surface area contributed by atoms with Crippen LogP contribution in [-0.4, -0.2) is 53.1 Å². The maximum Gasteiger partial charge on any atom is 0.416 e. The number of halogens is 6. The Bertz CT molecular complexity index is 1250. The molecule has 1 aliphatic rings. The molecule has 1 aromatic heterocycles. The second-order valence-corrected chi connectivity index (χ2v) is 9.59. The average molecular weight is 588 g/mol. The Morgan fingerprint density at radius 1 is 1.05 bits per heavy atom. The molecule has 0 bridgehead atoms. The fourth-order valence-corrected chi connectivity index (χ4v) is 4.79. The van der Waals surface area contributed by atoms with Crippen molar-refractivity contribution in [3.8, 4) is 0 Å². The van der Waals surface area contributed by atoms with Crippen LogP contribution in [0.5, 0.6) is 0 Å². The number of nitrogens with two attached hydrogens (primary N) is 1. The Morgan fingerprint density at radius 3 is 2.29 bits per heavy atom. The van der Waals surface area contributed by atoms with E-state index in [-0.39, 0.29) is 24.9 Å². The summed E-state index contributed by atoms with van der Waals surface area (Å²) in [5.74, 6) is 0. The van der Waals surface area contributed by atoms with Crippen LogP contribution in [0.3, 0.4) is 0 Å². The van der Waals surface area contributed by atoms with Crippen molar-refractivity contribution in [1.29, 1.82) is 0 Å². The molecule has 14 heteroatoms. The first-order chi connectivity index (χ1) is 19.4. The van der Waals surface area contributed by atoms with Crippen LogP contribution in [0.25, 0.3) is 0 Å². The van der Waals surface area contributed by atoms with Gasteiger partial charge in [-0.2, -0.15) is 26.3 Å². The van der Waals surface area contributed by atoms with Gasteiger partial charge in [-0.15, -0.1) is 5.10 Å². The zero-order chi connectivity index (χ0) is 29.8. The third kappa shape index (κ3) is 7.43. The first-order valence-electron chi connectivity index (χ1n) is 12.9. The van der Waals surface area contributed by atoms with Gasteiger partial charge in [0.15, 0.2) is 6.29 Å². The van der Waals surface area contributed by atoms with Crippen molar-refractivity contribution in [2.75, 3.05) is 26.9 Å². The lowest BCUT2D eigenvalue weighted by molar-refractivity contribution is -0.231. The van der Waals surface area contributed by atoms with Crippen LogP contribution in [0.1, 0.15) is 52.7 Å². The number of hydrogen-bond donors (Lipinski definition) is 1. The molecular formula is C27H31F6N5O3. The molecule has 41 heavy (non-hydrogen) atoms. The van der Waals surface area contributed by atoms with Gasteiger partial charge in [0.05, 0.1) is 48.8 Å². The van der Waals surface area contributed by atoms with Gasteiger partial charge in [-0.1, -0.05) is 35.5 Å². The van der Waals surface area contributed by atoms with Crippen molar-refractivity contribution < 1.29 is 40.6 Å². The smallest absolute Gasteiger partial charge is 0.384 e. The highest BCUT2D eigenvalue weighted by Crippen LogP contribution is 2.40. The normalized spacial score (nSPS) is 19.4. The molecule has 224 valence electrons. The summed E-state index contributed by atoms with van der Waals surface area (Å²) in [4.78, 5) is 2.03. The minimum atomic E-state index is -4.97. The summed E-state index contributed by atoms with van der Waals surface area (Å²) in [6, 6.07) is 10.0. The van der Waals surface area contributed by atoms with Gasteiger partial charge in [-0.05, 0) is 36.2 Å². The molecule has 2 aromatic carbocycles. The Kier molecular flexibility index (Phi) is 9.70. The zero-order valence-electron chi connectivity index (χ0n) is 22.5. The summed E-state index contributed by atoms with van der Waals surface area (Å²) in [5.41, 5.74) is 4.98. The number of alkyl halides is 6. The Labute approximate surface area is 233 Å². The molecule has 3 atom stereocenters. The van der Waals surface area contributed by atoms with Gasteiger partial charge in [-0.25, -0.2) is 4.68 Å². The molecule has 0 spiro atoms. The highest BCUT2D eigenvalue weighted by atomic mass is 19.4. The Morgan fingerprint density at radius 2 is 1.71 bits per heavy atom. The van der Waals surface area contributed by atoms with Crippen LogP contribution < -0.4 is 5.73 Å². The highest BCUT2D eigenvalue weighted by molar-refractivity contribution is 5.35. The van der Waals surface area contributed by atoms with Crippen LogP contribution in [0.4, 0.5) is 26.3 Å². The SMILES string of the molecule is COCCc1c(CN2CCO[C@H](O[C@H](C)c3cc(C(F)(F)F)cc(C(F)(F)F)c3)[C@@H]2c2ccccc2)nnn1CN. The predicted molar refractivity (Wildman–Crippen MR) is 135 cm³/mol. The van der Waals surface area contributed by atoms with E-state index in [4.69, 9.17) is 19.9 Å². The van der Waals surface area contributed by atoms with E-state index < -0.39 is 41.9 Å². The van der Waals surface area contributed by atoms with Crippen molar-refractivity contribution >= 4 is 0 Å². The quantitative estimate of drug-likeness (QED) is 0.331. The fraction of sp³-hybridized carbons (Fsp3) is 0.481. The Hall–Kier alpha value is -3.04. The summed E-state index contributed by atoms with van der Waals surface area (Å²) in [6.07, 6.45) is -11.6. The third-order valence-electron chi connectivity index (χ3n) is 6.86. The van der Waals surface area contributed by atoms with Gasteiger partial charge in [0.25, 0.3) is 0 Å². The molecule has 8 nitrogen and oxygen atoms in total. The lowest BCUT2D eigenvalue weighted by Crippen LogP contribution is -2.46. The first-order valence-corrected chi connectivity index (χ1v) is 12.9. The van der Waals surface area contributed by atoms with Gasteiger partial charge in [0.1, 0.15) is 5.69 Å².